The highest BCUT2D eigenvalue weighted by Gasteiger charge is 2.24. The quantitative estimate of drug-likeness (QED) is 0.152. The topological polar surface area (TPSA) is 22.1 Å². The maximum Gasteiger partial charge on any atom is 0.136 e. The van der Waals surface area contributed by atoms with Gasteiger partial charge >= 0.3 is 0 Å². The molecule has 1 aliphatic heterocycles. The van der Waals surface area contributed by atoms with Crippen molar-refractivity contribution in [3.63, 3.8) is 0 Å². The first-order chi connectivity index (χ1) is 22.3. The Kier molecular flexibility index (Phi) is 5.03. The van der Waals surface area contributed by atoms with Gasteiger partial charge < -0.3 is 4.74 Å². The third kappa shape index (κ3) is 3.48. The first kappa shape index (κ1) is 24.5. The van der Waals surface area contributed by atoms with Gasteiger partial charge in [0.1, 0.15) is 11.5 Å². The van der Waals surface area contributed by atoms with Crippen molar-refractivity contribution in [2.75, 3.05) is 0 Å². The van der Waals surface area contributed by atoms with E-state index in [4.69, 9.17) is 4.74 Å². The number of nitrogens with zero attached hydrogens (tertiary/aromatic N) is 1. The van der Waals surface area contributed by atoms with Gasteiger partial charge in [0.15, 0.2) is 0 Å². The fourth-order valence-corrected chi connectivity index (χ4v) is 7.57. The maximum atomic E-state index is 6.76. The largest absolute Gasteiger partial charge is 0.456 e. The summed E-state index contributed by atoms with van der Waals surface area (Å²) in [6.45, 7) is 0. The van der Waals surface area contributed by atoms with Crippen molar-refractivity contribution in [3.8, 4) is 44.9 Å². The number of fused-ring (bicyclic) bond motifs is 7. The highest BCUT2D eigenvalue weighted by molar-refractivity contribution is 6.24. The van der Waals surface area contributed by atoms with Crippen molar-refractivity contribution < 1.29 is 4.74 Å². The molecule has 0 aliphatic carbocycles. The highest BCUT2D eigenvalue weighted by atomic mass is 16.5. The second-order valence-corrected chi connectivity index (χ2v) is 11.9. The van der Waals surface area contributed by atoms with Gasteiger partial charge in [0, 0.05) is 34.3 Å². The van der Waals surface area contributed by atoms with E-state index in [9.17, 15) is 0 Å². The van der Waals surface area contributed by atoms with Crippen molar-refractivity contribution >= 4 is 53.9 Å². The zero-order chi connectivity index (χ0) is 29.5. The molecule has 0 spiro atoms. The summed E-state index contributed by atoms with van der Waals surface area (Å²) >= 11 is 0. The second kappa shape index (κ2) is 9.25. The molecule has 10 rings (SSSR count). The molecule has 0 saturated carbocycles. The van der Waals surface area contributed by atoms with Crippen LogP contribution >= 0.6 is 0 Å². The minimum Gasteiger partial charge on any atom is -0.456 e. The van der Waals surface area contributed by atoms with Gasteiger partial charge in [0.25, 0.3) is 0 Å². The van der Waals surface area contributed by atoms with E-state index < -0.39 is 0 Å². The summed E-state index contributed by atoms with van der Waals surface area (Å²) < 4.78 is 6.76. The summed E-state index contributed by atoms with van der Waals surface area (Å²) in [5, 5.41) is 12.0. The number of rotatable bonds is 2. The van der Waals surface area contributed by atoms with Crippen LogP contribution in [0, 0.1) is 0 Å². The molecule has 2 heterocycles. The lowest BCUT2D eigenvalue weighted by Gasteiger charge is -2.23. The molecule has 0 atom stereocenters. The first-order valence-corrected chi connectivity index (χ1v) is 15.4. The van der Waals surface area contributed by atoms with Crippen molar-refractivity contribution in [3.05, 3.63) is 152 Å². The Labute approximate surface area is 259 Å². The van der Waals surface area contributed by atoms with E-state index in [-0.39, 0.29) is 0 Å². The Morgan fingerprint density at radius 2 is 1.00 bits per heavy atom. The molecule has 2 nitrogen and oxygen atoms in total. The second-order valence-electron chi connectivity index (χ2n) is 11.9. The lowest BCUT2D eigenvalue weighted by atomic mass is 9.84. The van der Waals surface area contributed by atoms with E-state index in [1.807, 2.05) is 12.4 Å². The van der Waals surface area contributed by atoms with Gasteiger partial charge in [-0.25, -0.2) is 0 Å². The van der Waals surface area contributed by atoms with Crippen LogP contribution in [0.15, 0.2) is 152 Å². The standard InChI is InChI=1S/C43H25NO/c1-3-13-29-26(10-1)12-9-19-32(29)42-35-17-7-5-15-33(35)41(34-16-6-8-18-36(34)42)28-20-21-31-38-25-44-24-37-30-14-4-2-11-27(30)22-40(43(37)38)45-39(31)23-28/h1-25H. The van der Waals surface area contributed by atoms with E-state index in [2.05, 4.69) is 145 Å². The molecule has 2 heteroatoms. The number of aromatic nitrogens is 1. The molecule has 9 aromatic rings. The van der Waals surface area contributed by atoms with Crippen LogP contribution in [0.25, 0.3) is 87.2 Å². The molecule has 0 amide bonds. The summed E-state index contributed by atoms with van der Waals surface area (Å²) in [4.78, 5) is 4.67. The zero-order valence-electron chi connectivity index (χ0n) is 24.3. The van der Waals surface area contributed by atoms with Gasteiger partial charge in [-0.2, -0.15) is 0 Å². The normalized spacial score (nSPS) is 12.2. The average Bonchev–Trinajstić information content (AvgIpc) is 3.10. The molecular weight excluding hydrogens is 546 g/mol. The number of hydrogen-bond acceptors (Lipinski definition) is 2. The van der Waals surface area contributed by atoms with Crippen molar-refractivity contribution in [2.24, 2.45) is 0 Å². The molecule has 0 unspecified atom stereocenters. The minimum atomic E-state index is 0.857. The van der Waals surface area contributed by atoms with Crippen molar-refractivity contribution in [2.45, 2.75) is 0 Å². The Balaban J connectivity index is 1.25. The summed E-state index contributed by atoms with van der Waals surface area (Å²) in [5.74, 6) is 1.74. The molecular formula is C43H25NO. The Bertz CT molecular complexity index is 2620. The van der Waals surface area contributed by atoms with Crippen LogP contribution in [-0.4, -0.2) is 4.98 Å². The van der Waals surface area contributed by atoms with E-state index in [1.54, 1.807) is 0 Å². The van der Waals surface area contributed by atoms with Crippen LogP contribution in [0.4, 0.5) is 0 Å². The summed E-state index contributed by atoms with van der Waals surface area (Å²) in [6.07, 6.45) is 3.94. The SMILES string of the molecule is c1ccc2c(-c3c4ccccc4c(-c4ccc5c(c4)Oc4cc6ccccc6c6cncc-5c46)c4ccccc34)cccc2c1. The number of benzene rings is 8. The molecule has 0 fully saturated rings. The van der Waals surface area contributed by atoms with Crippen molar-refractivity contribution in [1.82, 2.24) is 4.98 Å². The van der Waals surface area contributed by atoms with E-state index in [1.165, 1.54) is 54.4 Å². The maximum absolute atomic E-state index is 6.76. The number of pyridine rings is 1. The van der Waals surface area contributed by atoms with Crippen LogP contribution < -0.4 is 4.74 Å². The molecule has 1 aliphatic rings. The van der Waals surface area contributed by atoms with Crippen LogP contribution in [0.1, 0.15) is 0 Å². The molecule has 0 N–H and O–H groups in total. The Hall–Kier alpha value is -5.99. The predicted molar refractivity (Wildman–Crippen MR) is 188 cm³/mol. The van der Waals surface area contributed by atoms with Crippen LogP contribution in [0.2, 0.25) is 0 Å². The van der Waals surface area contributed by atoms with Gasteiger partial charge in [-0.1, -0.05) is 121 Å². The molecule has 8 aromatic carbocycles. The predicted octanol–water partition coefficient (Wildman–Crippen LogP) is 12.0. The van der Waals surface area contributed by atoms with Gasteiger partial charge in [0.05, 0.1) is 0 Å². The highest BCUT2D eigenvalue weighted by Crippen LogP contribution is 2.51. The van der Waals surface area contributed by atoms with Crippen LogP contribution in [0.3, 0.4) is 0 Å². The summed E-state index contributed by atoms with van der Waals surface area (Å²) in [6, 6.07) is 50.3. The van der Waals surface area contributed by atoms with Crippen molar-refractivity contribution in [1.29, 1.82) is 0 Å². The summed E-state index contributed by atoms with van der Waals surface area (Å²) in [5.41, 5.74) is 7.06. The lowest BCUT2D eigenvalue weighted by molar-refractivity contribution is 0.488. The fourth-order valence-electron chi connectivity index (χ4n) is 7.57. The summed E-state index contributed by atoms with van der Waals surface area (Å²) in [7, 11) is 0. The van der Waals surface area contributed by atoms with E-state index in [0.717, 1.165) is 44.3 Å². The third-order valence-corrected chi connectivity index (χ3v) is 9.50. The van der Waals surface area contributed by atoms with E-state index in [0.29, 0.717) is 0 Å². The van der Waals surface area contributed by atoms with Crippen LogP contribution in [-0.2, 0) is 0 Å². The zero-order valence-corrected chi connectivity index (χ0v) is 24.3. The fraction of sp³-hybridized carbons (Fsp3) is 0. The first-order valence-electron chi connectivity index (χ1n) is 15.4. The molecule has 0 radical (unpaired) electrons. The monoisotopic (exact) mass is 571 g/mol. The third-order valence-electron chi connectivity index (χ3n) is 9.50. The number of hydrogen-bond donors (Lipinski definition) is 0. The molecule has 0 bridgehead atoms. The molecule has 45 heavy (non-hydrogen) atoms. The Morgan fingerprint density at radius 3 is 1.76 bits per heavy atom. The van der Waals surface area contributed by atoms with Gasteiger partial charge in [0.2, 0.25) is 0 Å². The lowest BCUT2D eigenvalue weighted by Crippen LogP contribution is -1.99. The number of ether oxygens (including phenoxy) is 1. The minimum absolute atomic E-state index is 0.857. The Morgan fingerprint density at radius 1 is 0.378 bits per heavy atom. The van der Waals surface area contributed by atoms with Gasteiger partial charge in [-0.15, -0.1) is 0 Å². The average molecular weight is 572 g/mol. The van der Waals surface area contributed by atoms with Crippen LogP contribution in [0.5, 0.6) is 11.5 Å². The van der Waals surface area contributed by atoms with E-state index >= 15 is 0 Å². The molecule has 0 saturated heterocycles. The molecule has 208 valence electrons. The smallest absolute Gasteiger partial charge is 0.136 e. The van der Waals surface area contributed by atoms with Gasteiger partial charge in [-0.05, 0) is 83.5 Å². The molecule has 1 aromatic heterocycles. The van der Waals surface area contributed by atoms with Gasteiger partial charge in [-0.3, -0.25) is 4.98 Å².